The number of rotatable bonds is 11. The van der Waals surface area contributed by atoms with Crippen molar-refractivity contribution in [3.8, 4) is 5.75 Å². The summed E-state index contributed by atoms with van der Waals surface area (Å²) in [4.78, 5) is 28.6. The fourth-order valence-corrected chi connectivity index (χ4v) is 6.03. The fraction of sp³-hybridized carbons (Fsp3) is 0.484. The number of para-hydroxylation sites is 1. The third kappa shape index (κ3) is 8.05. The van der Waals surface area contributed by atoms with Crippen LogP contribution < -0.4 is 10.1 Å². The van der Waals surface area contributed by atoms with Gasteiger partial charge in [0, 0.05) is 31.5 Å². The van der Waals surface area contributed by atoms with Gasteiger partial charge in [-0.1, -0.05) is 67.6 Å². The van der Waals surface area contributed by atoms with Gasteiger partial charge in [-0.15, -0.1) is 0 Å². The van der Waals surface area contributed by atoms with Crippen LogP contribution in [0.1, 0.15) is 56.1 Å². The molecule has 39 heavy (non-hydrogen) atoms. The number of carbonyl (C=O) groups is 2. The largest absolute Gasteiger partial charge is 0.482 e. The van der Waals surface area contributed by atoms with Crippen LogP contribution in [0, 0.1) is 16.4 Å². The lowest BCUT2D eigenvalue weighted by Gasteiger charge is -2.41. The van der Waals surface area contributed by atoms with E-state index in [1.165, 1.54) is 25.7 Å². The van der Waals surface area contributed by atoms with E-state index in [-0.39, 0.29) is 31.4 Å². The minimum atomic E-state index is -1.03. The second kappa shape index (κ2) is 14.3. The molecular formula is C31H39IN2O5. The van der Waals surface area contributed by atoms with Gasteiger partial charge in [0.1, 0.15) is 18.0 Å². The molecule has 7 nitrogen and oxygen atoms in total. The normalized spacial score (nSPS) is 21.3. The van der Waals surface area contributed by atoms with Gasteiger partial charge < -0.3 is 25.2 Å². The summed E-state index contributed by atoms with van der Waals surface area (Å²) in [7, 11) is 0. The number of amides is 2. The highest BCUT2D eigenvalue weighted by atomic mass is 127. The number of hydrogen-bond donors (Lipinski definition) is 3. The molecule has 0 aromatic heterocycles. The SMILES string of the molecule is Cc1ccc(CN(C(=O)CCC2CCCC2)[C@@H]2CC(C(=O)NCCO)=C[C@H](Oc3ccccc3I)[C@H]2O)cc1. The quantitative estimate of drug-likeness (QED) is 0.312. The molecule has 0 spiro atoms. The van der Waals surface area contributed by atoms with Crippen LogP contribution in [0.5, 0.6) is 5.75 Å². The molecule has 0 heterocycles. The zero-order valence-electron chi connectivity index (χ0n) is 22.5. The lowest BCUT2D eigenvalue weighted by Crippen LogP contribution is -2.54. The first-order chi connectivity index (χ1) is 18.9. The first kappa shape index (κ1) is 29.6. The van der Waals surface area contributed by atoms with Crippen molar-refractivity contribution in [1.29, 1.82) is 0 Å². The van der Waals surface area contributed by atoms with Crippen LogP contribution >= 0.6 is 22.6 Å². The Hall–Kier alpha value is -2.43. The van der Waals surface area contributed by atoms with Crippen molar-refractivity contribution in [1.82, 2.24) is 10.2 Å². The molecule has 0 radical (unpaired) electrons. The molecule has 1 saturated carbocycles. The lowest BCUT2D eigenvalue weighted by molar-refractivity contribution is -0.139. The molecule has 8 heteroatoms. The molecule has 2 aromatic carbocycles. The van der Waals surface area contributed by atoms with E-state index in [0.717, 1.165) is 21.1 Å². The molecular weight excluding hydrogens is 607 g/mol. The molecule has 3 atom stereocenters. The molecule has 2 aromatic rings. The van der Waals surface area contributed by atoms with Crippen LogP contribution in [-0.2, 0) is 16.1 Å². The number of nitrogens with one attached hydrogen (secondary N) is 1. The second-order valence-electron chi connectivity index (χ2n) is 10.6. The smallest absolute Gasteiger partial charge is 0.247 e. The van der Waals surface area contributed by atoms with Crippen molar-refractivity contribution in [2.45, 2.75) is 76.7 Å². The number of aryl methyl sites for hydroxylation is 1. The molecule has 4 rings (SSSR count). The number of carbonyl (C=O) groups excluding carboxylic acids is 2. The van der Waals surface area contributed by atoms with Gasteiger partial charge in [-0.05, 0) is 65.6 Å². The third-order valence-corrected chi connectivity index (χ3v) is 8.64. The average molecular weight is 647 g/mol. The van der Waals surface area contributed by atoms with Crippen LogP contribution in [0.3, 0.4) is 0 Å². The van der Waals surface area contributed by atoms with Crippen molar-refractivity contribution < 1.29 is 24.5 Å². The number of aliphatic hydroxyl groups is 2. The number of benzene rings is 2. The first-order valence-electron chi connectivity index (χ1n) is 13.9. The number of ether oxygens (including phenoxy) is 1. The van der Waals surface area contributed by atoms with Gasteiger partial charge in [-0.3, -0.25) is 9.59 Å². The number of halogens is 1. The predicted molar refractivity (Wildman–Crippen MR) is 159 cm³/mol. The summed E-state index contributed by atoms with van der Waals surface area (Å²) in [5, 5.41) is 23.6. The van der Waals surface area contributed by atoms with Crippen LogP contribution in [0.25, 0.3) is 0 Å². The summed E-state index contributed by atoms with van der Waals surface area (Å²) in [6.45, 7) is 2.31. The lowest BCUT2D eigenvalue weighted by atomic mass is 9.87. The molecule has 2 aliphatic rings. The van der Waals surface area contributed by atoms with E-state index >= 15 is 0 Å². The van der Waals surface area contributed by atoms with Crippen LogP contribution in [0.4, 0.5) is 0 Å². The van der Waals surface area contributed by atoms with E-state index in [9.17, 15) is 19.8 Å². The Morgan fingerprint density at radius 2 is 1.82 bits per heavy atom. The van der Waals surface area contributed by atoms with E-state index in [1.807, 2.05) is 55.5 Å². The Morgan fingerprint density at radius 3 is 2.51 bits per heavy atom. The maximum atomic E-state index is 13.8. The van der Waals surface area contributed by atoms with Crippen molar-refractivity contribution in [3.63, 3.8) is 0 Å². The Balaban J connectivity index is 1.63. The predicted octanol–water partition coefficient (Wildman–Crippen LogP) is 4.51. The van der Waals surface area contributed by atoms with Gasteiger partial charge in [-0.25, -0.2) is 0 Å². The molecule has 3 N–H and O–H groups in total. The van der Waals surface area contributed by atoms with Gasteiger partial charge in [0.25, 0.3) is 0 Å². The van der Waals surface area contributed by atoms with E-state index in [0.29, 0.717) is 30.2 Å². The average Bonchev–Trinajstić information content (AvgIpc) is 3.46. The Morgan fingerprint density at radius 1 is 1.10 bits per heavy atom. The Bertz CT molecular complexity index is 1150. The van der Waals surface area contributed by atoms with Crippen LogP contribution in [-0.4, -0.2) is 58.3 Å². The topological polar surface area (TPSA) is 99.1 Å². The maximum Gasteiger partial charge on any atom is 0.247 e. The van der Waals surface area contributed by atoms with E-state index in [1.54, 1.807) is 11.0 Å². The summed E-state index contributed by atoms with van der Waals surface area (Å²) < 4.78 is 7.13. The number of hydrogen-bond acceptors (Lipinski definition) is 5. The zero-order valence-corrected chi connectivity index (χ0v) is 24.7. The number of nitrogens with zero attached hydrogens (tertiary/aromatic N) is 1. The fourth-order valence-electron chi connectivity index (χ4n) is 5.52. The van der Waals surface area contributed by atoms with Gasteiger partial charge in [0.05, 0.1) is 16.2 Å². The molecule has 1 fully saturated rings. The van der Waals surface area contributed by atoms with E-state index < -0.39 is 18.2 Å². The summed E-state index contributed by atoms with van der Waals surface area (Å²) in [5.74, 6) is 0.830. The van der Waals surface area contributed by atoms with E-state index in [2.05, 4.69) is 27.9 Å². The van der Waals surface area contributed by atoms with E-state index in [4.69, 9.17) is 4.74 Å². The standard InChI is InChI=1S/C31H39IN2O5/c1-21-10-12-23(13-11-21)20-34(29(36)15-14-22-6-2-3-7-22)26-18-24(31(38)33-16-17-35)19-28(30(26)37)39-27-9-5-4-8-25(27)32/h4-5,8-13,19,22,26,28,30,35,37H,2-3,6-7,14-18,20H2,1H3,(H,33,38)/t26-,28+,30+/m1/s1. The van der Waals surface area contributed by atoms with Gasteiger partial charge in [0.15, 0.2) is 0 Å². The van der Waals surface area contributed by atoms with Crippen molar-refractivity contribution in [3.05, 3.63) is 74.9 Å². The Kier molecular flexibility index (Phi) is 10.8. The maximum absolute atomic E-state index is 13.8. The molecule has 0 bridgehead atoms. The highest BCUT2D eigenvalue weighted by Crippen LogP contribution is 2.32. The highest BCUT2D eigenvalue weighted by molar-refractivity contribution is 14.1. The minimum absolute atomic E-state index is 0.0171. The molecule has 0 saturated heterocycles. The molecule has 2 aliphatic carbocycles. The number of aliphatic hydroxyl groups excluding tert-OH is 2. The summed E-state index contributed by atoms with van der Waals surface area (Å²) >= 11 is 2.18. The summed E-state index contributed by atoms with van der Waals surface area (Å²) in [5.41, 5.74) is 2.54. The summed E-state index contributed by atoms with van der Waals surface area (Å²) in [6.07, 6.45) is 6.04. The minimum Gasteiger partial charge on any atom is -0.482 e. The van der Waals surface area contributed by atoms with Crippen molar-refractivity contribution >= 4 is 34.4 Å². The van der Waals surface area contributed by atoms with Crippen molar-refractivity contribution in [2.75, 3.05) is 13.2 Å². The van der Waals surface area contributed by atoms with Gasteiger partial charge in [0.2, 0.25) is 11.8 Å². The van der Waals surface area contributed by atoms with Crippen LogP contribution in [0.15, 0.2) is 60.2 Å². The molecule has 210 valence electrons. The highest BCUT2D eigenvalue weighted by Gasteiger charge is 2.40. The Labute approximate surface area is 244 Å². The summed E-state index contributed by atoms with van der Waals surface area (Å²) in [6, 6.07) is 14.9. The van der Waals surface area contributed by atoms with Gasteiger partial charge in [-0.2, -0.15) is 0 Å². The first-order valence-corrected chi connectivity index (χ1v) is 15.0. The van der Waals surface area contributed by atoms with Crippen LogP contribution in [0.2, 0.25) is 0 Å². The molecule has 2 amide bonds. The third-order valence-electron chi connectivity index (χ3n) is 7.75. The molecule has 0 unspecified atom stereocenters. The van der Waals surface area contributed by atoms with Gasteiger partial charge >= 0.3 is 0 Å². The van der Waals surface area contributed by atoms with Crippen molar-refractivity contribution in [2.24, 2.45) is 5.92 Å². The molecule has 0 aliphatic heterocycles. The zero-order chi connectivity index (χ0) is 27.8. The monoisotopic (exact) mass is 646 g/mol. The second-order valence-corrected chi connectivity index (χ2v) is 11.8.